The summed E-state index contributed by atoms with van der Waals surface area (Å²) in [5.41, 5.74) is 0.541. The predicted octanol–water partition coefficient (Wildman–Crippen LogP) is 3.48. The van der Waals surface area contributed by atoms with Crippen molar-refractivity contribution < 1.29 is 23.9 Å². The molecule has 2 aromatic rings. The van der Waals surface area contributed by atoms with E-state index in [-0.39, 0.29) is 23.8 Å². The minimum atomic E-state index is -1.15. The average Bonchev–Trinajstić information content (AvgIpc) is 3.60. The van der Waals surface area contributed by atoms with Crippen molar-refractivity contribution in [3.63, 3.8) is 0 Å². The van der Waals surface area contributed by atoms with E-state index in [1.54, 1.807) is 36.3 Å². The molecule has 0 radical (unpaired) electrons. The summed E-state index contributed by atoms with van der Waals surface area (Å²) < 4.78 is 11.7. The molecule has 2 bridgehead atoms. The number of likely N-dealkylation sites (tertiary alicyclic amines) is 1. The number of rotatable bonds is 8. The SMILES string of the molecule is COc1ccc(NC(=O)[C@H]2[C@@H]3C=C[C@]4(O3)[C@@H]2C(=O)N(CCc2ccccc2)[C@H]4C(=O)NC2CCCCC2)cc1. The third-order valence-electron chi connectivity index (χ3n) is 8.72. The fourth-order valence-corrected chi connectivity index (χ4v) is 6.83. The maximum absolute atomic E-state index is 14.1. The molecule has 2 saturated heterocycles. The summed E-state index contributed by atoms with van der Waals surface area (Å²) >= 11 is 0. The number of hydrogen-bond donors (Lipinski definition) is 2. The number of benzene rings is 2. The minimum Gasteiger partial charge on any atom is -0.497 e. The number of carbonyl (C=O) groups is 3. The molecule has 0 aromatic heterocycles. The smallest absolute Gasteiger partial charge is 0.246 e. The Kier molecular flexibility index (Phi) is 6.89. The van der Waals surface area contributed by atoms with Gasteiger partial charge in [0.1, 0.15) is 17.4 Å². The third kappa shape index (κ3) is 4.61. The van der Waals surface area contributed by atoms with Crippen LogP contribution in [0.2, 0.25) is 0 Å². The lowest BCUT2D eigenvalue weighted by molar-refractivity contribution is -0.141. The van der Waals surface area contributed by atoms with Crippen molar-refractivity contribution in [1.82, 2.24) is 10.2 Å². The van der Waals surface area contributed by atoms with Crippen LogP contribution in [0.4, 0.5) is 5.69 Å². The highest BCUT2D eigenvalue weighted by atomic mass is 16.5. The summed E-state index contributed by atoms with van der Waals surface area (Å²) in [5.74, 6) is -1.47. The van der Waals surface area contributed by atoms with Crippen LogP contribution in [0.1, 0.15) is 37.7 Å². The molecule has 5 atom stereocenters. The Morgan fingerprint density at radius 2 is 1.77 bits per heavy atom. The standard InChI is InChI=1S/C31H35N3O5/c1-38-23-14-12-22(13-15-23)32-28(35)25-24-16-18-31(39-24)26(25)30(37)34(19-17-20-8-4-2-5-9-20)27(31)29(36)33-21-10-6-3-7-11-21/h2,4-5,8-9,12-16,18,21,24-27H,3,6-7,10-11,17,19H2,1H3,(H,32,35)(H,33,36)/t24-,25-,26-,27-,31-/m0/s1. The zero-order valence-corrected chi connectivity index (χ0v) is 22.2. The van der Waals surface area contributed by atoms with Crippen molar-refractivity contribution in [2.75, 3.05) is 19.0 Å². The maximum Gasteiger partial charge on any atom is 0.246 e. The molecule has 6 rings (SSSR count). The van der Waals surface area contributed by atoms with Crippen LogP contribution in [0.25, 0.3) is 0 Å². The second-order valence-electron chi connectivity index (χ2n) is 11.0. The van der Waals surface area contributed by atoms with Gasteiger partial charge in [-0.1, -0.05) is 61.7 Å². The summed E-state index contributed by atoms with van der Waals surface area (Å²) in [4.78, 5) is 43.2. The molecule has 204 valence electrons. The van der Waals surface area contributed by atoms with E-state index in [1.165, 1.54) is 6.42 Å². The lowest BCUT2D eigenvalue weighted by Gasteiger charge is -2.34. The normalized spacial score (nSPS) is 29.4. The lowest BCUT2D eigenvalue weighted by Crippen LogP contribution is -2.56. The van der Waals surface area contributed by atoms with Crippen molar-refractivity contribution in [2.45, 2.75) is 62.3 Å². The number of nitrogens with zero attached hydrogens (tertiary/aromatic N) is 1. The van der Waals surface area contributed by atoms with Gasteiger partial charge in [-0.15, -0.1) is 0 Å². The molecular formula is C31H35N3O5. The van der Waals surface area contributed by atoms with E-state index in [2.05, 4.69) is 10.6 Å². The molecule has 8 nitrogen and oxygen atoms in total. The van der Waals surface area contributed by atoms with Gasteiger partial charge in [0.2, 0.25) is 17.7 Å². The number of amides is 3. The number of nitrogens with one attached hydrogen (secondary N) is 2. The predicted molar refractivity (Wildman–Crippen MR) is 146 cm³/mol. The minimum absolute atomic E-state index is 0.101. The molecule has 1 spiro atoms. The molecule has 2 aromatic carbocycles. The maximum atomic E-state index is 14.1. The molecule has 3 amide bonds. The molecule has 2 N–H and O–H groups in total. The van der Waals surface area contributed by atoms with Crippen LogP contribution in [0.3, 0.4) is 0 Å². The van der Waals surface area contributed by atoms with E-state index in [1.807, 2.05) is 42.5 Å². The van der Waals surface area contributed by atoms with Gasteiger partial charge in [0.25, 0.3) is 0 Å². The Labute approximate surface area is 228 Å². The Bertz CT molecular complexity index is 1260. The van der Waals surface area contributed by atoms with Gasteiger partial charge in [-0.2, -0.15) is 0 Å². The average molecular weight is 530 g/mol. The van der Waals surface area contributed by atoms with Gasteiger partial charge in [0, 0.05) is 18.3 Å². The van der Waals surface area contributed by atoms with Crippen molar-refractivity contribution in [1.29, 1.82) is 0 Å². The van der Waals surface area contributed by atoms with Crippen LogP contribution in [0.15, 0.2) is 66.7 Å². The molecule has 1 aliphatic carbocycles. The quantitative estimate of drug-likeness (QED) is 0.511. The number of fused-ring (bicyclic) bond motifs is 1. The zero-order chi connectivity index (χ0) is 27.0. The third-order valence-corrected chi connectivity index (χ3v) is 8.72. The first-order valence-electron chi connectivity index (χ1n) is 14.0. The first-order chi connectivity index (χ1) is 19.0. The van der Waals surface area contributed by atoms with Crippen LogP contribution < -0.4 is 15.4 Å². The Balaban J connectivity index is 1.28. The second kappa shape index (κ2) is 10.5. The van der Waals surface area contributed by atoms with Gasteiger partial charge in [-0.3, -0.25) is 14.4 Å². The topological polar surface area (TPSA) is 97.0 Å². The molecule has 4 aliphatic rings. The Morgan fingerprint density at radius 3 is 2.49 bits per heavy atom. The van der Waals surface area contributed by atoms with E-state index < -0.39 is 29.6 Å². The largest absolute Gasteiger partial charge is 0.497 e. The number of anilines is 1. The molecule has 0 unspecified atom stereocenters. The number of ether oxygens (including phenoxy) is 2. The monoisotopic (exact) mass is 529 g/mol. The van der Waals surface area contributed by atoms with Gasteiger partial charge < -0.3 is 25.0 Å². The highest BCUT2D eigenvalue weighted by molar-refractivity contribution is 6.02. The van der Waals surface area contributed by atoms with Crippen LogP contribution in [-0.2, 0) is 25.5 Å². The van der Waals surface area contributed by atoms with Crippen molar-refractivity contribution in [3.05, 3.63) is 72.3 Å². The van der Waals surface area contributed by atoms with E-state index in [4.69, 9.17) is 9.47 Å². The zero-order valence-electron chi connectivity index (χ0n) is 22.2. The fourth-order valence-electron chi connectivity index (χ4n) is 6.83. The molecular weight excluding hydrogens is 494 g/mol. The van der Waals surface area contributed by atoms with Gasteiger partial charge in [0.15, 0.2) is 0 Å². The van der Waals surface area contributed by atoms with Crippen molar-refractivity contribution >= 4 is 23.4 Å². The Morgan fingerprint density at radius 1 is 1.03 bits per heavy atom. The van der Waals surface area contributed by atoms with Gasteiger partial charge in [-0.05, 0) is 49.1 Å². The van der Waals surface area contributed by atoms with Crippen LogP contribution in [0, 0.1) is 11.8 Å². The van der Waals surface area contributed by atoms with E-state index >= 15 is 0 Å². The second-order valence-corrected chi connectivity index (χ2v) is 11.0. The van der Waals surface area contributed by atoms with E-state index in [0.717, 1.165) is 31.2 Å². The first kappa shape index (κ1) is 25.6. The first-order valence-corrected chi connectivity index (χ1v) is 14.0. The highest BCUT2D eigenvalue weighted by Crippen LogP contribution is 2.55. The summed E-state index contributed by atoms with van der Waals surface area (Å²) in [6.07, 6.45) is 9.02. The number of carbonyl (C=O) groups excluding carboxylic acids is 3. The van der Waals surface area contributed by atoms with Gasteiger partial charge >= 0.3 is 0 Å². The van der Waals surface area contributed by atoms with E-state index in [9.17, 15) is 14.4 Å². The summed E-state index contributed by atoms with van der Waals surface area (Å²) in [6, 6.07) is 16.3. The van der Waals surface area contributed by atoms with Crippen molar-refractivity contribution in [3.8, 4) is 5.75 Å². The molecule has 39 heavy (non-hydrogen) atoms. The molecule has 3 fully saturated rings. The summed E-state index contributed by atoms with van der Waals surface area (Å²) in [7, 11) is 1.59. The van der Waals surface area contributed by atoms with Crippen LogP contribution in [0.5, 0.6) is 5.75 Å². The van der Waals surface area contributed by atoms with E-state index in [0.29, 0.717) is 24.4 Å². The molecule has 3 aliphatic heterocycles. The molecule has 8 heteroatoms. The van der Waals surface area contributed by atoms with Crippen molar-refractivity contribution in [2.24, 2.45) is 11.8 Å². The highest BCUT2D eigenvalue weighted by Gasteiger charge is 2.72. The number of methoxy groups -OCH3 is 1. The fraction of sp³-hybridized carbons (Fsp3) is 0.452. The molecule has 3 heterocycles. The lowest BCUT2D eigenvalue weighted by atomic mass is 9.74. The van der Waals surface area contributed by atoms with Crippen LogP contribution >= 0.6 is 0 Å². The summed E-state index contributed by atoms with van der Waals surface area (Å²) in [6.45, 7) is 0.374. The van der Waals surface area contributed by atoms with Crippen LogP contribution in [-0.4, -0.2) is 60.1 Å². The summed E-state index contributed by atoms with van der Waals surface area (Å²) in [5, 5.41) is 6.19. The van der Waals surface area contributed by atoms with Gasteiger partial charge in [0.05, 0.1) is 25.0 Å². The molecule has 1 saturated carbocycles. The Hall–Kier alpha value is -3.65. The number of hydrogen-bond acceptors (Lipinski definition) is 5. The van der Waals surface area contributed by atoms with Gasteiger partial charge in [-0.25, -0.2) is 0 Å².